The van der Waals surface area contributed by atoms with Crippen molar-refractivity contribution in [3.63, 3.8) is 0 Å². The van der Waals surface area contributed by atoms with E-state index in [0.29, 0.717) is 10.2 Å². The molecule has 0 aliphatic heterocycles. The van der Waals surface area contributed by atoms with Crippen molar-refractivity contribution in [3.05, 3.63) is 12.2 Å². The predicted octanol–water partition coefficient (Wildman–Crippen LogP) is 0.516. The Morgan fingerprint density at radius 2 is 1.83 bits per heavy atom. The van der Waals surface area contributed by atoms with Crippen molar-refractivity contribution in [1.82, 2.24) is 5.43 Å². The van der Waals surface area contributed by atoms with E-state index in [-0.39, 0.29) is 5.91 Å². The van der Waals surface area contributed by atoms with E-state index in [0.717, 1.165) is 20.1 Å². The van der Waals surface area contributed by atoms with Crippen molar-refractivity contribution in [2.24, 2.45) is 0 Å². The van der Waals surface area contributed by atoms with Gasteiger partial charge in [0.1, 0.15) is 6.54 Å². The summed E-state index contributed by atoms with van der Waals surface area (Å²) in [6.07, 6.45) is 1.05. The molecule has 108 valence electrons. The van der Waals surface area contributed by atoms with E-state index >= 15 is 0 Å². The summed E-state index contributed by atoms with van der Waals surface area (Å²) in [7, 11) is 0.634. The third kappa shape index (κ3) is 13.1. The largest absolute Gasteiger partial charge is 0.397 e. The standard InChI is InChI=1S/C9H18N2O.CH4O4S/c1-6-7-11(4,5)10-9(12)8(2)3;1-5-6(2,3)4/h2,6-7H2,1,3-5H3;1H3,(H,2,3,4)/p+1. The van der Waals surface area contributed by atoms with Crippen molar-refractivity contribution < 1.29 is 26.5 Å². The average Bonchev–Trinajstić information content (AvgIpc) is 2.16. The first-order valence-corrected chi connectivity index (χ1v) is 6.66. The van der Waals surface area contributed by atoms with Crippen molar-refractivity contribution in [1.29, 1.82) is 0 Å². The molecule has 0 rings (SSSR count). The van der Waals surface area contributed by atoms with Gasteiger partial charge in [-0.05, 0) is 13.3 Å². The molecule has 7 nitrogen and oxygen atoms in total. The van der Waals surface area contributed by atoms with Crippen molar-refractivity contribution in [3.8, 4) is 0 Å². The zero-order chi connectivity index (χ0) is 15.0. The first kappa shape index (κ1) is 19.4. The Balaban J connectivity index is 0. The molecule has 0 bridgehead atoms. The molecule has 0 radical (unpaired) electrons. The summed E-state index contributed by atoms with van der Waals surface area (Å²) < 4.78 is 30.2. The number of quaternary nitrogens is 1. The highest BCUT2D eigenvalue weighted by atomic mass is 32.3. The smallest absolute Gasteiger partial charge is 0.265 e. The molecule has 0 aliphatic carbocycles. The van der Waals surface area contributed by atoms with Crippen LogP contribution in [0.25, 0.3) is 0 Å². The highest BCUT2D eigenvalue weighted by molar-refractivity contribution is 7.80. The molecule has 0 saturated carbocycles. The Kier molecular flexibility index (Phi) is 8.83. The molecule has 8 heteroatoms. The van der Waals surface area contributed by atoms with Gasteiger partial charge in [0.05, 0.1) is 21.2 Å². The van der Waals surface area contributed by atoms with Gasteiger partial charge in [-0.25, -0.2) is 4.59 Å². The molecular weight excluding hydrogens is 260 g/mol. The van der Waals surface area contributed by atoms with Gasteiger partial charge in [-0.2, -0.15) is 13.8 Å². The lowest BCUT2D eigenvalue weighted by Gasteiger charge is -2.28. The minimum absolute atomic E-state index is 0.0755. The number of amides is 1. The highest BCUT2D eigenvalue weighted by Gasteiger charge is 2.17. The van der Waals surface area contributed by atoms with Crippen molar-refractivity contribution in [2.45, 2.75) is 20.3 Å². The molecule has 0 unspecified atom stereocenters. The summed E-state index contributed by atoms with van der Waals surface area (Å²) in [6, 6.07) is 0. The molecule has 0 aliphatic rings. The molecular formula is C10H23N2O5S+. The van der Waals surface area contributed by atoms with Crippen molar-refractivity contribution >= 4 is 16.3 Å². The zero-order valence-electron chi connectivity index (χ0n) is 11.6. The molecule has 0 fully saturated rings. The van der Waals surface area contributed by atoms with Crippen LogP contribution in [-0.2, 0) is 19.4 Å². The number of hydrogen-bond donors (Lipinski definition) is 2. The lowest BCUT2D eigenvalue weighted by atomic mass is 10.3. The third-order valence-corrected chi connectivity index (χ3v) is 2.21. The Morgan fingerprint density at radius 1 is 1.44 bits per heavy atom. The molecule has 0 saturated heterocycles. The van der Waals surface area contributed by atoms with Crippen LogP contribution in [0.15, 0.2) is 12.2 Å². The Labute approximate surface area is 109 Å². The molecule has 0 aromatic rings. The lowest BCUT2D eigenvalue weighted by Crippen LogP contribution is -2.54. The van der Waals surface area contributed by atoms with E-state index in [1.165, 1.54) is 0 Å². The van der Waals surface area contributed by atoms with Crippen molar-refractivity contribution in [2.75, 3.05) is 27.7 Å². The van der Waals surface area contributed by atoms with Crippen LogP contribution in [0.2, 0.25) is 0 Å². The van der Waals surface area contributed by atoms with Crippen LogP contribution >= 0.6 is 0 Å². The van der Waals surface area contributed by atoms with Crippen LogP contribution < -0.4 is 5.43 Å². The maximum Gasteiger partial charge on any atom is 0.397 e. The summed E-state index contributed by atoms with van der Waals surface area (Å²) in [5.74, 6) is -0.0755. The molecule has 0 atom stereocenters. The number of rotatable bonds is 5. The summed E-state index contributed by atoms with van der Waals surface area (Å²) in [6.45, 7) is 8.31. The normalized spacial score (nSPS) is 11.2. The monoisotopic (exact) mass is 283 g/mol. The van der Waals surface area contributed by atoms with Crippen LogP contribution in [0.4, 0.5) is 0 Å². The molecule has 2 N–H and O–H groups in total. The third-order valence-electron chi connectivity index (χ3n) is 1.79. The second kappa shape index (κ2) is 8.20. The van der Waals surface area contributed by atoms with E-state index in [4.69, 9.17) is 4.55 Å². The fourth-order valence-electron chi connectivity index (χ4n) is 0.985. The number of carbonyl (C=O) groups excluding carboxylic acids is 1. The number of nitrogens with zero attached hydrogens (tertiary/aromatic N) is 1. The summed E-state index contributed by atoms with van der Waals surface area (Å²) >= 11 is 0. The molecule has 0 aromatic carbocycles. The van der Waals surface area contributed by atoms with Gasteiger partial charge in [-0.1, -0.05) is 13.5 Å². The van der Waals surface area contributed by atoms with Gasteiger partial charge in [0.25, 0.3) is 5.91 Å². The van der Waals surface area contributed by atoms with Crippen LogP contribution in [0.1, 0.15) is 20.3 Å². The summed E-state index contributed by atoms with van der Waals surface area (Å²) in [5.41, 5.74) is 3.41. The molecule has 1 amide bonds. The lowest BCUT2D eigenvalue weighted by molar-refractivity contribution is -0.925. The van der Waals surface area contributed by atoms with Gasteiger partial charge in [0.2, 0.25) is 0 Å². The van der Waals surface area contributed by atoms with E-state index in [2.05, 4.69) is 23.1 Å². The summed E-state index contributed by atoms with van der Waals surface area (Å²) in [5, 5.41) is 0. The Bertz CT molecular complexity index is 376. The first-order chi connectivity index (χ1) is 7.95. The fourth-order valence-corrected chi connectivity index (χ4v) is 0.985. The van der Waals surface area contributed by atoms with Crippen LogP contribution in [-0.4, -0.2) is 51.2 Å². The van der Waals surface area contributed by atoms with E-state index in [1.807, 2.05) is 14.1 Å². The van der Waals surface area contributed by atoms with Gasteiger partial charge in [-0.15, -0.1) is 0 Å². The van der Waals surface area contributed by atoms with Gasteiger partial charge < -0.3 is 0 Å². The average molecular weight is 283 g/mol. The molecule has 0 aromatic heterocycles. The van der Waals surface area contributed by atoms with E-state index in [9.17, 15) is 13.2 Å². The molecule has 18 heavy (non-hydrogen) atoms. The maximum absolute atomic E-state index is 11.2. The highest BCUT2D eigenvalue weighted by Crippen LogP contribution is 1.96. The maximum atomic E-state index is 11.2. The number of hydrogen-bond acceptors (Lipinski definition) is 4. The fraction of sp³-hybridized carbons (Fsp3) is 0.700. The van der Waals surface area contributed by atoms with E-state index < -0.39 is 10.4 Å². The number of nitrogens with one attached hydrogen (secondary N) is 1. The second-order valence-corrected chi connectivity index (χ2v) is 5.41. The first-order valence-electron chi connectivity index (χ1n) is 5.29. The Hall–Kier alpha value is -0.960. The van der Waals surface area contributed by atoms with Gasteiger partial charge >= 0.3 is 10.4 Å². The molecule has 0 heterocycles. The van der Waals surface area contributed by atoms with Gasteiger partial charge in [0.15, 0.2) is 0 Å². The quantitative estimate of drug-likeness (QED) is 0.332. The minimum atomic E-state index is -4.16. The van der Waals surface area contributed by atoms with Gasteiger partial charge in [0, 0.05) is 5.57 Å². The SMILES string of the molecule is C=C(C)C(=O)N[N+](C)(C)CCC.COS(=O)(=O)O. The minimum Gasteiger partial charge on any atom is -0.265 e. The zero-order valence-corrected chi connectivity index (χ0v) is 12.4. The van der Waals surface area contributed by atoms with Crippen LogP contribution in [0.5, 0.6) is 0 Å². The van der Waals surface area contributed by atoms with Crippen LogP contribution in [0.3, 0.4) is 0 Å². The predicted molar refractivity (Wildman–Crippen MR) is 68.8 cm³/mol. The summed E-state index contributed by atoms with van der Waals surface area (Å²) in [4.78, 5) is 11.2. The second-order valence-electron chi connectivity index (χ2n) is 4.22. The van der Waals surface area contributed by atoms with Crippen LogP contribution in [0, 0.1) is 0 Å². The topological polar surface area (TPSA) is 92.7 Å². The number of carbonyl (C=O) groups is 1. The van der Waals surface area contributed by atoms with E-state index in [1.54, 1.807) is 6.92 Å². The van der Waals surface area contributed by atoms with Gasteiger partial charge in [-0.3, -0.25) is 13.5 Å². The molecule has 0 spiro atoms. The Morgan fingerprint density at radius 3 is 2.06 bits per heavy atom.